The van der Waals surface area contributed by atoms with E-state index >= 15 is 0 Å². The second kappa shape index (κ2) is 6.43. The third kappa shape index (κ3) is 5.11. The van der Waals surface area contributed by atoms with Crippen molar-refractivity contribution in [3.63, 3.8) is 0 Å². The van der Waals surface area contributed by atoms with Gasteiger partial charge in [-0.3, -0.25) is 14.9 Å². The van der Waals surface area contributed by atoms with E-state index in [1.54, 1.807) is 0 Å². The van der Waals surface area contributed by atoms with Crippen LogP contribution in [0, 0.1) is 11.6 Å². The van der Waals surface area contributed by atoms with Crippen LogP contribution in [0.4, 0.5) is 19.3 Å². The van der Waals surface area contributed by atoms with Crippen LogP contribution in [0.3, 0.4) is 0 Å². The maximum absolute atomic E-state index is 12.8. The third-order valence-corrected chi connectivity index (χ3v) is 2.00. The highest BCUT2D eigenvalue weighted by Crippen LogP contribution is 2.12. The van der Waals surface area contributed by atoms with Gasteiger partial charge in [-0.05, 0) is 12.1 Å². The molecule has 3 N–H and O–H groups in total. The van der Waals surface area contributed by atoms with Crippen LogP contribution in [0.25, 0.3) is 0 Å². The molecule has 0 radical (unpaired) electrons. The molecule has 0 aliphatic rings. The fourth-order valence-corrected chi connectivity index (χ4v) is 1.15. The van der Waals surface area contributed by atoms with E-state index in [-0.39, 0.29) is 12.1 Å². The number of amides is 3. The molecule has 0 heterocycles. The number of imide groups is 1. The lowest BCUT2D eigenvalue weighted by atomic mass is 10.3. The van der Waals surface area contributed by atoms with Crippen molar-refractivity contribution in [1.82, 2.24) is 5.32 Å². The van der Waals surface area contributed by atoms with Gasteiger partial charge in [0.1, 0.15) is 0 Å². The van der Waals surface area contributed by atoms with Crippen molar-refractivity contribution in [2.24, 2.45) is 0 Å². The Hall–Kier alpha value is -2.51. The molecule has 0 aliphatic heterocycles. The van der Waals surface area contributed by atoms with Crippen molar-refractivity contribution in [1.29, 1.82) is 0 Å². The first-order valence-corrected chi connectivity index (χ1v) is 5.16. The molecule has 1 aromatic rings. The Morgan fingerprint density at radius 1 is 1.11 bits per heavy atom. The van der Waals surface area contributed by atoms with Gasteiger partial charge in [-0.1, -0.05) is 0 Å². The number of benzene rings is 1. The second-order valence-electron chi connectivity index (χ2n) is 3.52. The average molecular weight is 272 g/mol. The Kier molecular flexibility index (Phi) is 4.92. The molecule has 1 rings (SSSR count). The predicted molar refractivity (Wildman–Crippen MR) is 60.4 cm³/mol. The van der Waals surface area contributed by atoms with Gasteiger partial charge >= 0.3 is 12.0 Å². The fourth-order valence-electron chi connectivity index (χ4n) is 1.15. The summed E-state index contributed by atoms with van der Waals surface area (Å²) in [7, 11) is 0. The first kappa shape index (κ1) is 14.6. The number of urea groups is 1. The van der Waals surface area contributed by atoms with Crippen molar-refractivity contribution in [3.05, 3.63) is 29.8 Å². The molecule has 8 heteroatoms. The van der Waals surface area contributed by atoms with Gasteiger partial charge < -0.3 is 10.4 Å². The van der Waals surface area contributed by atoms with E-state index in [9.17, 15) is 23.2 Å². The van der Waals surface area contributed by atoms with Crippen LogP contribution in [0.2, 0.25) is 0 Å². The van der Waals surface area contributed by atoms with Crippen LogP contribution in [0.15, 0.2) is 18.2 Å². The fraction of sp³-hybridized carbons (Fsp3) is 0.182. The van der Waals surface area contributed by atoms with Crippen LogP contribution in [0.1, 0.15) is 12.8 Å². The number of anilines is 1. The van der Waals surface area contributed by atoms with Gasteiger partial charge in [0.2, 0.25) is 5.91 Å². The topological polar surface area (TPSA) is 95.5 Å². The zero-order valence-electron chi connectivity index (χ0n) is 9.57. The van der Waals surface area contributed by atoms with Gasteiger partial charge in [0.25, 0.3) is 0 Å². The van der Waals surface area contributed by atoms with E-state index in [0.717, 1.165) is 18.2 Å². The number of carboxylic acid groups (broad SMARTS) is 1. The minimum atomic E-state index is -1.17. The molecule has 0 aromatic heterocycles. The number of hydrogen-bond donors (Lipinski definition) is 3. The van der Waals surface area contributed by atoms with E-state index in [1.807, 2.05) is 5.32 Å². The summed E-state index contributed by atoms with van der Waals surface area (Å²) in [6.07, 6.45) is -0.773. The number of carbonyl (C=O) groups excluding carboxylic acids is 2. The molecule has 19 heavy (non-hydrogen) atoms. The Labute approximate surface area is 106 Å². The molecule has 0 bridgehead atoms. The van der Waals surface area contributed by atoms with Gasteiger partial charge in [-0.2, -0.15) is 0 Å². The SMILES string of the molecule is O=C(O)CCC(=O)NC(=O)Nc1ccc(F)c(F)c1. The van der Waals surface area contributed by atoms with Crippen LogP contribution >= 0.6 is 0 Å². The first-order valence-electron chi connectivity index (χ1n) is 5.16. The minimum Gasteiger partial charge on any atom is -0.481 e. The largest absolute Gasteiger partial charge is 0.481 e. The quantitative estimate of drug-likeness (QED) is 0.773. The molecule has 3 amide bonds. The summed E-state index contributed by atoms with van der Waals surface area (Å²) in [6.45, 7) is 0. The summed E-state index contributed by atoms with van der Waals surface area (Å²) >= 11 is 0. The Morgan fingerprint density at radius 2 is 1.79 bits per heavy atom. The smallest absolute Gasteiger partial charge is 0.325 e. The standard InChI is InChI=1S/C11H10F2N2O4/c12-7-2-1-6(5-8(7)13)14-11(19)15-9(16)3-4-10(17)18/h1-2,5H,3-4H2,(H,17,18)(H2,14,15,16,19). The van der Waals surface area contributed by atoms with Gasteiger partial charge in [0.15, 0.2) is 11.6 Å². The summed E-state index contributed by atoms with van der Waals surface area (Å²) in [5, 5.41) is 12.3. The zero-order valence-corrected chi connectivity index (χ0v) is 9.57. The van der Waals surface area contributed by atoms with Gasteiger partial charge in [-0.15, -0.1) is 0 Å². The van der Waals surface area contributed by atoms with Gasteiger partial charge in [0, 0.05) is 18.2 Å². The normalized spacial score (nSPS) is 9.79. The molecular formula is C11H10F2N2O4. The number of carboxylic acids is 1. The Morgan fingerprint density at radius 3 is 2.37 bits per heavy atom. The highest BCUT2D eigenvalue weighted by atomic mass is 19.2. The lowest BCUT2D eigenvalue weighted by Gasteiger charge is -2.06. The summed E-state index contributed by atoms with van der Waals surface area (Å²) in [5.41, 5.74) is -0.0394. The van der Waals surface area contributed by atoms with E-state index in [0.29, 0.717) is 0 Å². The second-order valence-corrected chi connectivity index (χ2v) is 3.52. The van der Waals surface area contributed by atoms with Crippen molar-refractivity contribution in [3.8, 4) is 0 Å². The number of halogens is 2. The van der Waals surface area contributed by atoms with Crippen LogP contribution in [-0.2, 0) is 9.59 Å². The lowest BCUT2D eigenvalue weighted by Crippen LogP contribution is -2.34. The predicted octanol–water partition coefficient (Wildman–Crippen LogP) is 1.48. The lowest BCUT2D eigenvalue weighted by molar-refractivity contribution is -0.138. The van der Waals surface area contributed by atoms with Crippen molar-refractivity contribution in [2.45, 2.75) is 12.8 Å². The Bertz CT molecular complexity index is 519. The van der Waals surface area contributed by atoms with Crippen molar-refractivity contribution < 1.29 is 28.3 Å². The molecule has 0 spiro atoms. The number of aliphatic carboxylic acids is 1. The molecule has 6 nitrogen and oxygen atoms in total. The molecule has 0 saturated carbocycles. The van der Waals surface area contributed by atoms with E-state index in [1.165, 1.54) is 0 Å². The molecular weight excluding hydrogens is 262 g/mol. The highest BCUT2D eigenvalue weighted by Gasteiger charge is 2.10. The van der Waals surface area contributed by atoms with E-state index in [2.05, 4.69) is 5.32 Å². The molecule has 102 valence electrons. The number of nitrogens with one attached hydrogen (secondary N) is 2. The van der Waals surface area contributed by atoms with E-state index in [4.69, 9.17) is 5.11 Å². The van der Waals surface area contributed by atoms with Crippen LogP contribution < -0.4 is 10.6 Å². The molecule has 0 aliphatic carbocycles. The maximum Gasteiger partial charge on any atom is 0.325 e. The van der Waals surface area contributed by atoms with Crippen LogP contribution in [0.5, 0.6) is 0 Å². The minimum absolute atomic E-state index is 0.0394. The number of rotatable bonds is 4. The van der Waals surface area contributed by atoms with Gasteiger partial charge in [-0.25, -0.2) is 13.6 Å². The first-order chi connectivity index (χ1) is 8.88. The summed E-state index contributed by atoms with van der Waals surface area (Å²) in [6, 6.07) is 1.72. The Balaban J connectivity index is 2.48. The number of hydrogen-bond acceptors (Lipinski definition) is 3. The third-order valence-electron chi connectivity index (χ3n) is 2.00. The van der Waals surface area contributed by atoms with Gasteiger partial charge in [0.05, 0.1) is 6.42 Å². The summed E-state index contributed by atoms with van der Waals surface area (Å²) < 4.78 is 25.4. The molecule has 0 saturated heterocycles. The molecule has 0 unspecified atom stereocenters. The highest BCUT2D eigenvalue weighted by molar-refractivity contribution is 6.01. The molecule has 0 fully saturated rings. The molecule has 1 aromatic carbocycles. The van der Waals surface area contributed by atoms with E-state index < -0.39 is 36.0 Å². The summed E-state index contributed by atoms with van der Waals surface area (Å²) in [4.78, 5) is 32.5. The molecule has 0 atom stereocenters. The maximum atomic E-state index is 12.8. The zero-order chi connectivity index (χ0) is 14.4. The van der Waals surface area contributed by atoms with Crippen molar-refractivity contribution in [2.75, 3.05) is 5.32 Å². The monoisotopic (exact) mass is 272 g/mol. The number of carbonyl (C=O) groups is 3. The summed E-state index contributed by atoms with van der Waals surface area (Å²) in [5.74, 6) is -4.17. The average Bonchev–Trinajstić information content (AvgIpc) is 2.31. The van der Waals surface area contributed by atoms with Crippen molar-refractivity contribution >= 4 is 23.6 Å². The van der Waals surface area contributed by atoms with Crippen LogP contribution in [-0.4, -0.2) is 23.0 Å².